The van der Waals surface area contributed by atoms with Crippen LogP contribution in [0.25, 0.3) is 0 Å². The minimum absolute atomic E-state index is 0.0198. The van der Waals surface area contributed by atoms with Crippen LogP contribution in [0.5, 0.6) is 5.75 Å². The van der Waals surface area contributed by atoms with Crippen molar-refractivity contribution in [1.29, 1.82) is 0 Å². The van der Waals surface area contributed by atoms with Crippen molar-refractivity contribution in [2.24, 2.45) is 5.41 Å². The number of benzene rings is 1. The molecule has 0 spiro atoms. The standard InChI is InChI=1S/C12H15ClO2/c1-12(2,3)11(14)9-7-8(15-4)5-6-10(9)13/h5-7H,1-4H3. The Balaban J connectivity index is 3.19. The molecule has 0 radical (unpaired) electrons. The maximum absolute atomic E-state index is 12.0. The van der Waals surface area contributed by atoms with Crippen LogP contribution in [0.3, 0.4) is 0 Å². The summed E-state index contributed by atoms with van der Waals surface area (Å²) in [5, 5.41) is 0.468. The largest absolute Gasteiger partial charge is 0.497 e. The van der Waals surface area contributed by atoms with Gasteiger partial charge in [0.05, 0.1) is 12.1 Å². The van der Waals surface area contributed by atoms with Crippen LogP contribution in [0.15, 0.2) is 18.2 Å². The first-order valence-electron chi connectivity index (χ1n) is 4.74. The molecule has 0 saturated carbocycles. The van der Waals surface area contributed by atoms with Crippen molar-refractivity contribution >= 4 is 17.4 Å². The molecule has 0 fully saturated rings. The molecule has 1 rings (SSSR count). The first-order chi connectivity index (χ1) is 6.86. The highest BCUT2D eigenvalue weighted by Crippen LogP contribution is 2.28. The smallest absolute Gasteiger partial charge is 0.169 e. The van der Waals surface area contributed by atoms with Crippen molar-refractivity contribution in [3.8, 4) is 5.75 Å². The Hall–Kier alpha value is -1.02. The van der Waals surface area contributed by atoms with Crippen LogP contribution >= 0.6 is 11.6 Å². The predicted molar refractivity (Wildman–Crippen MR) is 61.8 cm³/mol. The normalized spacial score (nSPS) is 11.3. The second kappa shape index (κ2) is 4.23. The summed E-state index contributed by atoms with van der Waals surface area (Å²) >= 11 is 5.98. The van der Waals surface area contributed by atoms with E-state index in [9.17, 15) is 4.79 Å². The van der Waals surface area contributed by atoms with E-state index in [-0.39, 0.29) is 5.78 Å². The van der Waals surface area contributed by atoms with Gasteiger partial charge in [-0.05, 0) is 18.2 Å². The summed E-state index contributed by atoms with van der Waals surface area (Å²) in [6.45, 7) is 5.60. The highest BCUT2D eigenvalue weighted by Gasteiger charge is 2.25. The van der Waals surface area contributed by atoms with Gasteiger partial charge in [-0.25, -0.2) is 0 Å². The van der Waals surface area contributed by atoms with E-state index in [2.05, 4.69) is 0 Å². The molecular weight excluding hydrogens is 212 g/mol. The number of carbonyl (C=O) groups is 1. The Kier molecular flexibility index (Phi) is 3.40. The van der Waals surface area contributed by atoms with Crippen LogP contribution in [0, 0.1) is 5.41 Å². The van der Waals surface area contributed by atoms with Crippen LogP contribution in [0.2, 0.25) is 5.02 Å². The molecule has 0 aromatic heterocycles. The second-order valence-corrected chi connectivity index (χ2v) is 4.83. The van der Waals surface area contributed by atoms with E-state index in [1.54, 1.807) is 25.3 Å². The molecule has 0 aliphatic heterocycles. The predicted octanol–water partition coefficient (Wildman–Crippen LogP) is 3.58. The van der Waals surface area contributed by atoms with Crippen LogP contribution in [0.1, 0.15) is 31.1 Å². The zero-order chi connectivity index (χ0) is 11.6. The van der Waals surface area contributed by atoms with Crippen molar-refractivity contribution < 1.29 is 9.53 Å². The molecule has 1 aromatic rings. The lowest BCUT2D eigenvalue weighted by atomic mass is 9.86. The van der Waals surface area contributed by atoms with E-state index < -0.39 is 5.41 Å². The van der Waals surface area contributed by atoms with E-state index in [0.717, 1.165) is 0 Å². The zero-order valence-electron chi connectivity index (χ0n) is 9.43. The van der Waals surface area contributed by atoms with Gasteiger partial charge in [0, 0.05) is 11.0 Å². The molecule has 15 heavy (non-hydrogen) atoms. The molecule has 1 aromatic carbocycles. The third kappa shape index (κ3) is 2.72. The Morgan fingerprint density at radius 1 is 1.33 bits per heavy atom. The summed E-state index contributed by atoms with van der Waals surface area (Å²) < 4.78 is 5.06. The van der Waals surface area contributed by atoms with Gasteiger partial charge in [-0.3, -0.25) is 4.79 Å². The Morgan fingerprint density at radius 3 is 2.40 bits per heavy atom. The van der Waals surface area contributed by atoms with Crippen molar-refractivity contribution in [3.05, 3.63) is 28.8 Å². The van der Waals surface area contributed by atoms with Crippen molar-refractivity contribution in [2.75, 3.05) is 7.11 Å². The first kappa shape index (κ1) is 12.1. The fourth-order valence-corrected chi connectivity index (χ4v) is 1.41. The molecule has 0 aliphatic carbocycles. The van der Waals surface area contributed by atoms with E-state index >= 15 is 0 Å². The molecule has 82 valence electrons. The number of halogens is 1. The minimum Gasteiger partial charge on any atom is -0.497 e. The molecule has 0 N–H and O–H groups in total. The zero-order valence-corrected chi connectivity index (χ0v) is 10.2. The number of hydrogen-bond acceptors (Lipinski definition) is 2. The van der Waals surface area contributed by atoms with Gasteiger partial charge in [-0.2, -0.15) is 0 Å². The van der Waals surface area contributed by atoms with E-state index in [0.29, 0.717) is 16.3 Å². The molecule has 0 heterocycles. The highest BCUT2D eigenvalue weighted by molar-refractivity contribution is 6.34. The number of ketones is 1. The molecule has 3 heteroatoms. The summed E-state index contributed by atoms with van der Waals surface area (Å²) in [7, 11) is 1.56. The number of carbonyl (C=O) groups excluding carboxylic acids is 1. The van der Waals surface area contributed by atoms with Crippen molar-refractivity contribution in [2.45, 2.75) is 20.8 Å². The molecule has 0 saturated heterocycles. The number of methoxy groups -OCH3 is 1. The maximum atomic E-state index is 12.0. The number of hydrogen-bond donors (Lipinski definition) is 0. The van der Waals surface area contributed by atoms with Gasteiger partial charge in [0.25, 0.3) is 0 Å². The molecule has 2 nitrogen and oxygen atoms in total. The van der Waals surface area contributed by atoms with Crippen molar-refractivity contribution in [1.82, 2.24) is 0 Å². The third-order valence-electron chi connectivity index (χ3n) is 2.10. The van der Waals surface area contributed by atoms with Gasteiger partial charge < -0.3 is 4.74 Å². The molecular formula is C12H15ClO2. The lowest BCUT2D eigenvalue weighted by Crippen LogP contribution is -2.20. The quantitative estimate of drug-likeness (QED) is 0.721. The van der Waals surface area contributed by atoms with Crippen LogP contribution in [-0.4, -0.2) is 12.9 Å². The summed E-state index contributed by atoms with van der Waals surface area (Å²) in [5.41, 5.74) is 0.0826. The summed E-state index contributed by atoms with van der Waals surface area (Å²) in [4.78, 5) is 12.0. The lowest BCUT2D eigenvalue weighted by Gasteiger charge is -2.17. The maximum Gasteiger partial charge on any atom is 0.169 e. The Morgan fingerprint density at radius 2 is 1.93 bits per heavy atom. The van der Waals surface area contributed by atoms with E-state index in [4.69, 9.17) is 16.3 Å². The summed E-state index contributed by atoms with van der Waals surface area (Å²) in [6.07, 6.45) is 0. The second-order valence-electron chi connectivity index (χ2n) is 4.42. The average molecular weight is 227 g/mol. The van der Waals surface area contributed by atoms with Crippen molar-refractivity contribution in [3.63, 3.8) is 0 Å². The van der Waals surface area contributed by atoms with Crippen LogP contribution < -0.4 is 4.74 Å². The topological polar surface area (TPSA) is 26.3 Å². The summed E-state index contributed by atoms with van der Waals surface area (Å²) in [5.74, 6) is 0.665. The Labute approximate surface area is 95.2 Å². The van der Waals surface area contributed by atoms with Gasteiger partial charge in [-0.1, -0.05) is 32.4 Å². The van der Waals surface area contributed by atoms with E-state index in [1.165, 1.54) is 0 Å². The minimum atomic E-state index is -0.435. The molecule has 0 bridgehead atoms. The molecule has 0 atom stereocenters. The number of Topliss-reactive ketones (excluding diaryl/α,β-unsaturated/α-hetero) is 1. The lowest BCUT2D eigenvalue weighted by molar-refractivity contribution is 0.0858. The monoisotopic (exact) mass is 226 g/mol. The van der Waals surface area contributed by atoms with Crippen LogP contribution in [0.4, 0.5) is 0 Å². The highest BCUT2D eigenvalue weighted by atomic mass is 35.5. The van der Waals surface area contributed by atoms with Gasteiger partial charge in [0.2, 0.25) is 0 Å². The van der Waals surface area contributed by atoms with Crippen LogP contribution in [-0.2, 0) is 0 Å². The molecule has 0 aliphatic rings. The SMILES string of the molecule is COc1ccc(Cl)c(C(=O)C(C)(C)C)c1. The number of ether oxygens (including phenoxy) is 1. The first-order valence-corrected chi connectivity index (χ1v) is 5.12. The molecule has 0 amide bonds. The van der Waals surface area contributed by atoms with Gasteiger partial charge >= 0.3 is 0 Å². The fourth-order valence-electron chi connectivity index (χ4n) is 1.21. The van der Waals surface area contributed by atoms with Gasteiger partial charge in [0.1, 0.15) is 5.75 Å². The van der Waals surface area contributed by atoms with Gasteiger partial charge in [0.15, 0.2) is 5.78 Å². The van der Waals surface area contributed by atoms with E-state index in [1.807, 2.05) is 20.8 Å². The summed E-state index contributed by atoms with van der Waals surface area (Å²) in [6, 6.07) is 5.09. The fraction of sp³-hybridized carbons (Fsp3) is 0.417. The average Bonchev–Trinajstić information content (AvgIpc) is 2.16. The number of rotatable bonds is 2. The molecule has 0 unspecified atom stereocenters. The third-order valence-corrected chi connectivity index (χ3v) is 2.43. The van der Waals surface area contributed by atoms with Gasteiger partial charge in [-0.15, -0.1) is 0 Å². The Bertz CT molecular complexity index is 378.